The number of rotatable bonds is 0. The number of hydrogen-bond donors (Lipinski definition) is 0. The van der Waals surface area contributed by atoms with Crippen LogP contribution in [0.3, 0.4) is 0 Å². The van der Waals surface area contributed by atoms with Gasteiger partial charge in [-0.15, -0.1) is 0 Å². The van der Waals surface area contributed by atoms with E-state index < -0.39 is 0 Å². The van der Waals surface area contributed by atoms with Crippen LogP contribution in [0.2, 0.25) is 0 Å². The van der Waals surface area contributed by atoms with E-state index in [1.807, 2.05) is 0 Å². The molecule has 0 rings (SSSR count). The molecular weight excluding hydrogens is 605 g/mol. The predicted molar refractivity (Wildman–Crippen MR) is 101 cm³/mol. The van der Waals surface area contributed by atoms with Crippen LogP contribution in [-0.4, -0.2) is 181 Å². The zero-order chi connectivity index (χ0) is 12.0. The quantitative estimate of drug-likeness (QED) is 0.186. The van der Waals surface area contributed by atoms with Gasteiger partial charge in [0.25, 0.3) is 0 Å². The van der Waals surface area contributed by atoms with Gasteiger partial charge in [0, 0.05) is 0 Å². The molecule has 0 spiro atoms. The van der Waals surface area contributed by atoms with Crippen molar-refractivity contribution in [2.75, 3.05) is 0 Å². The Balaban J connectivity index is -0.00000000225. The predicted octanol–water partition coefficient (Wildman–Crippen LogP) is -6.87. The van der Waals surface area contributed by atoms with E-state index in [0.717, 1.165) is 0 Å². The Morgan fingerprint density at radius 2 is 0.222 bits per heavy atom. The van der Waals surface area contributed by atoms with Gasteiger partial charge in [0.15, 0.2) is 0 Å². The van der Waals surface area contributed by atoms with Gasteiger partial charge in [-0.3, -0.25) is 28.2 Å². The standard InChI is InChI=1S/6AsH2.6FH.6Li/h6*1H2;6*1H;;;;;;/q6*-1;;;;;;;6*+1. The summed E-state index contributed by atoms with van der Waals surface area (Å²) >= 11 is 22.5. The molecular formula is H18As6F6Li6. The molecule has 0 saturated carbocycles. The molecule has 0 saturated heterocycles. The van der Waals surface area contributed by atoms with Crippen LogP contribution in [0.4, 0.5) is 28.2 Å². The minimum absolute atomic E-state index is 0. The first-order valence-electron chi connectivity index (χ1n) is 3.46. The minimum atomic E-state index is 0. The zero-order valence-electron chi connectivity index (χ0n) is 11.9. The van der Waals surface area contributed by atoms with Gasteiger partial charge in [-0.1, -0.05) is 0 Å². The summed E-state index contributed by atoms with van der Waals surface area (Å²) in [5, 5.41) is 0. The zero-order valence-corrected chi connectivity index (χ0v) is 26.4. The maximum absolute atomic E-state index is 2.06. The molecule has 0 aromatic heterocycles. The van der Waals surface area contributed by atoms with Gasteiger partial charge < -0.3 is 0 Å². The van der Waals surface area contributed by atoms with Gasteiger partial charge in [0.05, 0.1) is 0 Å². The summed E-state index contributed by atoms with van der Waals surface area (Å²) in [5.41, 5.74) is 0. The molecule has 0 bridgehead atoms. The molecule has 0 heterocycles. The van der Waals surface area contributed by atoms with Crippen LogP contribution in [-0.2, 0) is 0 Å². The molecule has 18 heteroatoms. The molecule has 6 atom stereocenters. The average molecular weight is 623 g/mol. The van der Waals surface area contributed by atoms with Crippen molar-refractivity contribution in [1.82, 2.24) is 0 Å². The number of halogens is 6. The Labute approximate surface area is 204 Å². The third-order valence-corrected chi connectivity index (χ3v) is 0. The van der Waals surface area contributed by atoms with Crippen molar-refractivity contribution >= 4 is 181 Å². The summed E-state index contributed by atoms with van der Waals surface area (Å²) in [5.74, 6) is 0. The van der Waals surface area contributed by atoms with Crippen LogP contribution in [0, 0.1) is 0 Å². The van der Waals surface area contributed by atoms with Gasteiger partial charge in [0.1, 0.15) is 0 Å². The first-order valence-corrected chi connectivity index (χ1v) is 18.0. The van der Waals surface area contributed by atoms with E-state index in [2.05, 4.69) is 93.5 Å². The van der Waals surface area contributed by atoms with Gasteiger partial charge in [-0.2, -0.15) is 0 Å². The van der Waals surface area contributed by atoms with Gasteiger partial charge >= 0.3 is 181 Å². The van der Waals surface area contributed by atoms with E-state index in [9.17, 15) is 0 Å². The molecule has 96 valence electrons. The van der Waals surface area contributed by atoms with Crippen LogP contribution in [0.1, 0.15) is 0 Å². The Hall–Kier alpha value is 6.52. The van der Waals surface area contributed by atoms with E-state index in [-0.39, 0.29) is 28.2 Å². The molecule has 0 aromatic rings. The van der Waals surface area contributed by atoms with Crippen LogP contribution in [0.25, 0.3) is 0 Å². The second kappa shape index (κ2) is 281. The molecule has 0 amide bonds. The molecule has 0 aliphatic rings. The first kappa shape index (κ1) is 86.5. The van der Waals surface area contributed by atoms with Crippen molar-refractivity contribution in [3.63, 3.8) is 0 Å². The summed E-state index contributed by atoms with van der Waals surface area (Å²) < 4.78 is 0. The number of hydrogen-bond acceptors (Lipinski definition) is 0. The van der Waals surface area contributed by atoms with Crippen molar-refractivity contribution in [2.45, 2.75) is 0 Å². The average Bonchev–Trinajstić information content (AvgIpc) is 2.33. The normalized spacial score (nSPS) is 2.33. The fraction of sp³-hybridized carbons (Fsp3) is 0. The fourth-order valence-electron chi connectivity index (χ4n) is 0. The molecule has 0 N–H and O–H groups in total. The maximum atomic E-state index is 2.06. The van der Waals surface area contributed by atoms with E-state index in [1.165, 1.54) is 0 Å². The van der Waals surface area contributed by atoms with Crippen LogP contribution in [0.15, 0.2) is 0 Å². The van der Waals surface area contributed by atoms with Gasteiger partial charge in [0.2, 0.25) is 0 Å². The molecule has 0 radical (unpaired) electrons. The summed E-state index contributed by atoms with van der Waals surface area (Å²) in [7, 11) is 0. The Morgan fingerprint density at radius 1 is 0.222 bits per heavy atom. The molecule has 0 aliphatic carbocycles. The van der Waals surface area contributed by atoms with Crippen molar-refractivity contribution in [3.8, 4) is 0 Å². The monoisotopic (exact) mass is 624 g/mol. The molecule has 0 fully saturated rings. The van der Waals surface area contributed by atoms with E-state index in [0.29, 0.717) is 0 Å². The SMILES string of the molecule is F.F.F.F.F.F.[Li][AsH2].[Li][AsH2].[Li][AsH2].[Li][AsH2].[Li][AsH2].[Li][AsH2]. The van der Waals surface area contributed by atoms with Crippen molar-refractivity contribution < 1.29 is 28.2 Å². The fourth-order valence-corrected chi connectivity index (χ4v) is 0. The molecule has 0 nitrogen and oxygen atoms in total. The van der Waals surface area contributed by atoms with Crippen molar-refractivity contribution in [2.24, 2.45) is 0 Å². The van der Waals surface area contributed by atoms with Crippen molar-refractivity contribution in [1.29, 1.82) is 0 Å². The van der Waals surface area contributed by atoms with Gasteiger partial charge in [-0.25, -0.2) is 0 Å². The van der Waals surface area contributed by atoms with Crippen molar-refractivity contribution in [3.05, 3.63) is 0 Å². The topological polar surface area (TPSA) is 0 Å². The van der Waals surface area contributed by atoms with E-state index in [4.69, 9.17) is 0 Å². The second-order valence-corrected chi connectivity index (χ2v) is 0. The summed E-state index contributed by atoms with van der Waals surface area (Å²) in [4.78, 5) is 0. The molecule has 0 aliphatic heterocycles. The summed E-state index contributed by atoms with van der Waals surface area (Å²) in [6.45, 7) is 0. The Bertz CT molecular complexity index is 28.5. The molecule has 0 aromatic carbocycles. The van der Waals surface area contributed by atoms with Crippen LogP contribution >= 0.6 is 0 Å². The van der Waals surface area contributed by atoms with E-state index in [1.54, 1.807) is 87.6 Å². The van der Waals surface area contributed by atoms with E-state index >= 15 is 0 Å². The summed E-state index contributed by atoms with van der Waals surface area (Å²) in [6, 6.07) is 0. The Kier molecular flexibility index (Phi) is 1350. The van der Waals surface area contributed by atoms with Gasteiger partial charge in [-0.05, 0) is 0 Å². The first-order chi connectivity index (χ1) is 6.00. The third-order valence-electron chi connectivity index (χ3n) is 0. The third kappa shape index (κ3) is 246. The Morgan fingerprint density at radius 3 is 0.222 bits per heavy atom. The molecule has 18 heavy (non-hydrogen) atoms. The second-order valence-electron chi connectivity index (χ2n) is 0. The molecule has 6 unspecified atom stereocenters. The van der Waals surface area contributed by atoms with Crippen LogP contribution < -0.4 is 0 Å². The summed E-state index contributed by atoms with van der Waals surface area (Å²) in [6.07, 6.45) is 0. The van der Waals surface area contributed by atoms with Crippen LogP contribution in [0.5, 0.6) is 0 Å².